The first kappa shape index (κ1) is 6.47. The molecule has 0 amide bonds. The SMILES string of the molecule is C=CC(O)(Cl)Br. The third-order valence-corrected chi connectivity index (χ3v) is 0.724. The lowest BCUT2D eigenvalue weighted by atomic mass is 10.7. The van der Waals surface area contributed by atoms with Crippen LogP contribution in [0.25, 0.3) is 0 Å². The average Bonchev–Trinajstić information content (AvgIpc) is 1.35. The van der Waals surface area contributed by atoms with E-state index >= 15 is 0 Å². The Labute approximate surface area is 49.7 Å². The standard InChI is InChI=1S/C3H4BrClO/c1-2-3(4,5)6/h2,6H,1H2. The Balaban J connectivity index is 3.45. The van der Waals surface area contributed by atoms with Crippen LogP contribution in [0.1, 0.15) is 0 Å². The van der Waals surface area contributed by atoms with E-state index in [9.17, 15) is 0 Å². The van der Waals surface area contributed by atoms with Crippen molar-refractivity contribution < 1.29 is 5.11 Å². The zero-order valence-electron chi connectivity index (χ0n) is 2.99. The van der Waals surface area contributed by atoms with Gasteiger partial charge in [0.25, 0.3) is 0 Å². The molecule has 0 saturated carbocycles. The Bertz CT molecular complexity index is 56.3. The fraction of sp³-hybridized carbons (Fsp3) is 0.333. The Kier molecular flexibility index (Phi) is 2.11. The lowest BCUT2D eigenvalue weighted by Crippen LogP contribution is -2.02. The van der Waals surface area contributed by atoms with Crippen molar-refractivity contribution in [3.63, 3.8) is 0 Å². The Morgan fingerprint density at radius 3 is 2.17 bits per heavy atom. The highest BCUT2D eigenvalue weighted by Crippen LogP contribution is 2.18. The molecule has 1 atom stereocenters. The van der Waals surface area contributed by atoms with Gasteiger partial charge in [0.1, 0.15) is 0 Å². The van der Waals surface area contributed by atoms with Gasteiger partial charge in [0.2, 0.25) is 3.97 Å². The van der Waals surface area contributed by atoms with Crippen LogP contribution in [0.5, 0.6) is 0 Å². The highest BCUT2D eigenvalue weighted by Gasteiger charge is 2.09. The lowest BCUT2D eigenvalue weighted by Gasteiger charge is -2.00. The van der Waals surface area contributed by atoms with Crippen molar-refractivity contribution in [1.29, 1.82) is 0 Å². The number of halogens is 2. The van der Waals surface area contributed by atoms with Crippen LogP contribution in [-0.4, -0.2) is 9.08 Å². The van der Waals surface area contributed by atoms with Gasteiger partial charge in [-0.2, -0.15) is 0 Å². The van der Waals surface area contributed by atoms with Gasteiger partial charge in [0, 0.05) is 0 Å². The van der Waals surface area contributed by atoms with E-state index in [-0.39, 0.29) is 0 Å². The molecule has 0 fully saturated rings. The summed E-state index contributed by atoms with van der Waals surface area (Å²) in [6.07, 6.45) is 1.18. The zero-order valence-corrected chi connectivity index (χ0v) is 5.33. The molecule has 0 aliphatic rings. The normalized spacial score (nSPS) is 19.2. The van der Waals surface area contributed by atoms with Crippen LogP contribution in [0.15, 0.2) is 12.7 Å². The van der Waals surface area contributed by atoms with E-state index in [0.717, 1.165) is 0 Å². The molecule has 6 heavy (non-hydrogen) atoms. The maximum atomic E-state index is 8.39. The van der Waals surface area contributed by atoms with Crippen molar-refractivity contribution in [2.45, 2.75) is 3.97 Å². The van der Waals surface area contributed by atoms with Crippen LogP contribution >= 0.6 is 27.5 Å². The van der Waals surface area contributed by atoms with Crippen LogP contribution in [0, 0.1) is 0 Å². The first-order chi connectivity index (χ1) is 2.56. The minimum Gasteiger partial charge on any atom is -0.363 e. The highest BCUT2D eigenvalue weighted by molar-refractivity contribution is 9.10. The summed E-state index contributed by atoms with van der Waals surface area (Å²) in [5, 5.41) is 8.39. The van der Waals surface area contributed by atoms with Crippen LogP contribution in [0.3, 0.4) is 0 Å². The summed E-state index contributed by atoms with van der Waals surface area (Å²) in [5.74, 6) is 0. The molecule has 0 aromatic rings. The summed E-state index contributed by atoms with van der Waals surface area (Å²) >= 11 is 7.75. The summed E-state index contributed by atoms with van der Waals surface area (Å²) in [7, 11) is 0. The van der Waals surface area contributed by atoms with Gasteiger partial charge >= 0.3 is 0 Å². The smallest absolute Gasteiger partial charge is 0.213 e. The van der Waals surface area contributed by atoms with Crippen LogP contribution < -0.4 is 0 Å². The van der Waals surface area contributed by atoms with Gasteiger partial charge in [-0.25, -0.2) is 0 Å². The molecule has 1 N–H and O–H groups in total. The second-order valence-electron chi connectivity index (χ2n) is 0.792. The molecule has 36 valence electrons. The molecule has 1 unspecified atom stereocenters. The predicted molar refractivity (Wildman–Crippen MR) is 29.9 cm³/mol. The molecular formula is C3H4BrClO. The van der Waals surface area contributed by atoms with Crippen molar-refractivity contribution in [1.82, 2.24) is 0 Å². The van der Waals surface area contributed by atoms with Gasteiger partial charge in [-0.15, -0.1) is 0 Å². The average molecular weight is 171 g/mol. The predicted octanol–water partition coefficient (Wildman–Crippen LogP) is 1.45. The Morgan fingerprint density at radius 1 is 2.00 bits per heavy atom. The largest absolute Gasteiger partial charge is 0.363 e. The minimum absolute atomic E-state index is 1.18. The molecule has 0 aromatic carbocycles. The second kappa shape index (κ2) is 1.96. The first-order valence-corrected chi connectivity index (χ1v) is 2.47. The summed E-state index contributed by atoms with van der Waals surface area (Å²) < 4.78 is -1.41. The fourth-order valence-corrected chi connectivity index (χ4v) is 0. The number of rotatable bonds is 1. The fourth-order valence-electron chi connectivity index (χ4n) is 0. The molecule has 0 aromatic heterocycles. The number of alkyl halides is 2. The molecular weight excluding hydrogens is 167 g/mol. The molecule has 1 nitrogen and oxygen atoms in total. The van der Waals surface area contributed by atoms with E-state index in [1.165, 1.54) is 6.08 Å². The number of hydrogen-bond donors (Lipinski definition) is 1. The zero-order chi connectivity index (χ0) is 5.21. The van der Waals surface area contributed by atoms with Crippen molar-refractivity contribution in [2.75, 3.05) is 0 Å². The van der Waals surface area contributed by atoms with Crippen molar-refractivity contribution >= 4 is 27.5 Å². The van der Waals surface area contributed by atoms with Gasteiger partial charge < -0.3 is 5.11 Å². The van der Waals surface area contributed by atoms with Gasteiger partial charge in [0.15, 0.2) is 0 Å². The molecule has 0 saturated heterocycles. The van der Waals surface area contributed by atoms with Gasteiger partial charge in [-0.05, 0) is 22.0 Å². The van der Waals surface area contributed by atoms with Gasteiger partial charge in [-0.1, -0.05) is 18.2 Å². The summed E-state index contributed by atoms with van der Waals surface area (Å²) in [4.78, 5) is 0. The molecule has 0 radical (unpaired) electrons. The molecule has 0 bridgehead atoms. The molecule has 0 aliphatic carbocycles. The van der Waals surface area contributed by atoms with E-state index in [1.54, 1.807) is 0 Å². The monoisotopic (exact) mass is 170 g/mol. The van der Waals surface area contributed by atoms with Crippen LogP contribution in [-0.2, 0) is 0 Å². The van der Waals surface area contributed by atoms with E-state index in [4.69, 9.17) is 16.7 Å². The third-order valence-electron chi connectivity index (χ3n) is 0.246. The highest BCUT2D eigenvalue weighted by atomic mass is 79.9. The summed E-state index contributed by atoms with van der Waals surface area (Å²) in [6.45, 7) is 3.20. The molecule has 0 aliphatic heterocycles. The van der Waals surface area contributed by atoms with Gasteiger partial charge in [-0.3, -0.25) is 0 Å². The quantitative estimate of drug-likeness (QED) is 0.468. The lowest BCUT2D eigenvalue weighted by molar-refractivity contribution is 0.279. The molecule has 3 heteroatoms. The van der Waals surface area contributed by atoms with E-state index in [0.29, 0.717) is 0 Å². The minimum atomic E-state index is -1.41. The number of aliphatic hydroxyl groups is 1. The molecule has 0 heterocycles. The molecule has 0 spiro atoms. The van der Waals surface area contributed by atoms with Crippen LogP contribution in [0.2, 0.25) is 0 Å². The first-order valence-electron chi connectivity index (χ1n) is 1.30. The molecule has 0 rings (SSSR count). The summed E-state index contributed by atoms with van der Waals surface area (Å²) in [6, 6.07) is 0. The van der Waals surface area contributed by atoms with Gasteiger partial charge in [0.05, 0.1) is 0 Å². The Hall–Kier alpha value is 0.470. The Morgan fingerprint density at radius 2 is 2.17 bits per heavy atom. The van der Waals surface area contributed by atoms with E-state index in [1.807, 2.05) is 0 Å². The maximum absolute atomic E-state index is 8.39. The van der Waals surface area contributed by atoms with Crippen molar-refractivity contribution in [2.24, 2.45) is 0 Å². The van der Waals surface area contributed by atoms with Crippen molar-refractivity contribution in [3.05, 3.63) is 12.7 Å². The third kappa shape index (κ3) is 4.47. The number of hydrogen-bond acceptors (Lipinski definition) is 1. The second-order valence-corrected chi connectivity index (χ2v) is 3.03. The topological polar surface area (TPSA) is 20.2 Å². The maximum Gasteiger partial charge on any atom is 0.213 e. The summed E-state index contributed by atoms with van der Waals surface area (Å²) in [5.41, 5.74) is 0. The van der Waals surface area contributed by atoms with E-state index in [2.05, 4.69) is 22.5 Å². The van der Waals surface area contributed by atoms with E-state index < -0.39 is 3.97 Å². The van der Waals surface area contributed by atoms with Crippen molar-refractivity contribution in [3.8, 4) is 0 Å². The van der Waals surface area contributed by atoms with Crippen LogP contribution in [0.4, 0.5) is 0 Å².